The molecule has 110 valence electrons. The predicted octanol–water partition coefficient (Wildman–Crippen LogP) is 3.10. The number of nitrogens with one attached hydrogen (secondary N) is 2. The number of aryl methyl sites for hydroxylation is 1. The van der Waals surface area contributed by atoms with Crippen LogP contribution in [0.1, 0.15) is 24.1 Å². The Hall–Kier alpha value is -2.33. The molecule has 4 nitrogen and oxygen atoms in total. The van der Waals surface area contributed by atoms with E-state index in [-0.39, 0.29) is 12.6 Å². The van der Waals surface area contributed by atoms with Gasteiger partial charge in [0.05, 0.1) is 12.6 Å². The number of benzene rings is 2. The standard InChI is InChI=1S/C17H20N2O2/c1-2-13-8-10-15(11-9-13)18-17(21)19-16(12-20)14-6-4-3-5-7-14/h3-11,16,20H,2,12H2,1H3,(H2,18,19,21). The van der Waals surface area contributed by atoms with Crippen molar-refractivity contribution in [2.45, 2.75) is 19.4 Å². The van der Waals surface area contributed by atoms with E-state index in [2.05, 4.69) is 17.6 Å². The van der Waals surface area contributed by atoms with Crippen molar-refractivity contribution in [3.05, 3.63) is 65.7 Å². The molecule has 0 saturated carbocycles. The van der Waals surface area contributed by atoms with Gasteiger partial charge in [0.15, 0.2) is 0 Å². The summed E-state index contributed by atoms with van der Waals surface area (Å²) in [6, 6.07) is 16.4. The Balaban J connectivity index is 1.96. The zero-order valence-corrected chi connectivity index (χ0v) is 12.0. The lowest BCUT2D eigenvalue weighted by atomic mass is 10.1. The van der Waals surface area contributed by atoms with Gasteiger partial charge in [0, 0.05) is 5.69 Å². The molecule has 3 N–H and O–H groups in total. The third kappa shape index (κ3) is 4.33. The number of hydrogen-bond acceptors (Lipinski definition) is 2. The molecular formula is C17H20N2O2. The first-order valence-electron chi connectivity index (χ1n) is 7.05. The number of carbonyl (C=O) groups excluding carboxylic acids is 1. The quantitative estimate of drug-likeness (QED) is 0.790. The van der Waals surface area contributed by atoms with Crippen molar-refractivity contribution in [1.82, 2.24) is 5.32 Å². The van der Waals surface area contributed by atoms with E-state index in [0.717, 1.165) is 17.7 Å². The molecule has 2 aromatic carbocycles. The van der Waals surface area contributed by atoms with Gasteiger partial charge in [-0.05, 0) is 29.7 Å². The van der Waals surface area contributed by atoms with Crippen LogP contribution in [0.15, 0.2) is 54.6 Å². The Morgan fingerprint density at radius 1 is 1.10 bits per heavy atom. The van der Waals surface area contributed by atoms with Crippen LogP contribution in [0.5, 0.6) is 0 Å². The van der Waals surface area contributed by atoms with Gasteiger partial charge in [-0.1, -0.05) is 49.4 Å². The monoisotopic (exact) mass is 284 g/mol. The molecule has 1 atom stereocenters. The van der Waals surface area contributed by atoms with Gasteiger partial charge < -0.3 is 15.7 Å². The molecule has 1 unspecified atom stereocenters. The summed E-state index contributed by atoms with van der Waals surface area (Å²) in [6.45, 7) is 1.94. The van der Waals surface area contributed by atoms with Crippen molar-refractivity contribution < 1.29 is 9.90 Å². The Labute approximate surface area is 124 Å². The molecular weight excluding hydrogens is 264 g/mol. The number of hydrogen-bond donors (Lipinski definition) is 3. The summed E-state index contributed by atoms with van der Waals surface area (Å²) in [5, 5.41) is 14.9. The van der Waals surface area contributed by atoms with Crippen molar-refractivity contribution in [2.24, 2.45) is 0 Å². The second kappa shape index (κ2) is 7.45. The fourth-order valence-electron chi connectivity index (χ4n) is 2.07. The number of aliphatic hydroxyl groups is 1. The number of carbonyl (C=O) groups is 1. The first-order chi connectivity index (χ1) is 10.2. The van der Waals surface area contributed by atoms with Gasteiger partial charge in [-0.15, -0.1) is 0 Å². The second-order valence-electron chi connectivity index (χ2n) is 4.79. The van der Waals surface area contributed by atoms with Gasteiger partial charge in [-0.2, -0.15) is 0 Å². The predicted molar refractivity (Wildman–Crippen MR) is 84.2 cm³/mol. The molecule has 0 radical (unpaired) electrons. The van der Waals surface area contributed by atoms with Crippen LogP contribution in [0.3, 0.4) is 0 Å². The van der Waals surface area contributed by atoms with Crippen LogP contribution in [-0.2, 0) is 6.42 Å². The summed E-state index contributed by atoms with van der Waals surface area (Å²) < 4.78 is 0. The minimum atomic E-state index is -0.416. The Morgan fingerprint density at radius 2 is 1.76 bits per heavy atom. The highest BCUT2D eigenvalue weighted by molar-refractivity contribution is 5.89. The van der Waals surface area contributed by atoms with Crippen LogP contribution >= 0.6 is 0 Å². The Kier molecular flexibility index (Phi) is 5.35. The third-order valence-corrected chi connectivity index (χ3v) is 3.31. The van der Waals surface area contributed by atoms with Crippen molar-refractivity contribution in [1.29, 1.82) is 0 Å². The van der Waals surface area contributed by atoms with Crippen molar-refractivity contribution in [2.75, 3.05) is 11.9 Å². The minimum absolute atomic E-state index is 0.147. The topological polar surface area (TPSA) is 61.4 Å². The molecule has 0 fully saturated rings. The Morgan fingerprint density at radius 3 is 2.33 bits per heavy atom. The molecule has 0 aromatic heterocycles. The fraction of sp³-hybridized carbons (Fsp3) is 0.235. The molecule has 0 saturated heterocycles. The van der Waals surface area contributed by atoms with Gasteiger partial charge in [-0.25, -0.2) is 4.79 Å². The van der Waals surface area contributed by atoms with Crippen molar-refractivity contribution >= 4 is 11.7 Å². The number of rotatable bonds is 5. The van der Waals surface area contributed by atoms with E-state index in [1.165, 1.54) is 5.56 Å². The van der Waals surface area contributed by atoms with E-state index >= 15 is 0 Å². The summed E-state index contributed by atoms with van der Waals surface area (Å²) in [5.74, 6) is 0. The number of aliphatic hydroxyl groups excluding tert-OH is 1. The van der Waals surface area contributed by atoms with Crippen LogP contribution < -0.4 is 10.6 Å². The maximum absolute atomic E-state index is 12.0. The largest absolute Gasteiger partial charge is 0.394 e. The van der Waals surface area contributed by atoms with Crippen molar-refractivity contribution in [3.63, 3.8) is 0 Å². The maximum atomic E-state index is 12.0. The summed E-state index contributed by atoms with van der Waals surface area (Å²) >= 11 is 0. The lowest BCUT2D eigenvalue weighted by molar-refractivity contribution is 0.225. The second-order valence-corrected chi connectivity index (χ2v) is 4.79. The normalized spacial score (nSPS) is 11.7. The van der Waals surface area contributed by atoms with Crippen LogP contribution in [0.25, 0.3) is 0 Å². The summed E-state index contributed by atoms with van der Waals surface area (Å²) in [5.41, 5.74) is 2.82. The van der Waals surface area contributed by atoms with E-state index in [0.29, 0.717) is 0 Å². The zero-order valence-electron chi connectivity index (χ0n) is 12.0. The van der Waals surface area contributed by atoms with Crippen molar-refractivity contribution in [3.8, 4) is 0 Å². The molecule has 21 heavy (non-hydrogen) atoms. The molecule has 2 aromatic rings. The minimum Gasteiger partial charge on any atom is -0.394 e. The highest BCUT2D eigenvalue weighted by Crippen LogP contribution is 2.13. The molecule has 2 amide bonds. The van der Waals surface area contributed by atoms with Crippen LogP contribution in [0.2, 0.25) is 0 Å². The number of amides is 2. The van der Waals surface area contributed by atoms with E-state index in [1.807, 2.05) is 54.6 Å². The summed E-state index contributed by atoms with van der Waals surface area (Å²) in [4.78, 5) is 12.0. The van der Waals surface area contributed by atoms with E-state index < -0.39 is 6.04 Å². The first kappa shape index (κ1) is 15.1. The van der Waals surface area contributed by atoms with Crippen LogP contribution in [-0.4, -0.2) is 17.7 Å². The van der Waals surface area contributed by atoms with E-state index in [9.17, 15) is 9.90 Å². The highest BCUT2D eigenvalue weighted by Gasteiger charge is 2.13. The maximum Gasteiger partial charge on any atom is 0.319 e. The van der Waals surface area contributed by atoms with Gasteiger partial charge in [0.1, 0.15) is 0 Å². The molecule has 4 heteroatoms. The average molecular weight is 284 g/mol. The highest BCUT2D eigenvalue weighted by atomic mass is 16.3. The van der Waals surface area contributed by atoms with Gasteiger partial charge >= 0.3 is 6.03 Å². The molecule has 0 spiro atoms. The number of urea groups is 1. The Bertz CT molecular complexity index is 567. The zero-order chi connectivity index (χ0) is 15.1. The van der Waals surface area contributed by atoms with Gasteiger partial charge in [0.25, 0.3) is 0 Å². The lowest BCUT2D eigenvalue weighted by Gasteiger charge is -2.17. The molecule has 0 aliphatic heterocycles. The lowest BCUT2D eigenvalue weighted by Crippen LogP contribution is -2.34. The molecule has 0 aliphatic rings. The van der Waals surface area contributed by atoms with Crippen LogP contribution in [0.4, 0.5) is 10.5 Å². The molecule has 0 heterocycles. The first-order valence-corrected chi connectivity index (χ1v) is 7.05. The van der Waals surface area contributed by atoms with E-state index in [1.54, 1.807) is 0 Å². The van der Waals surface area contributed by atoms with Crippen LogP contribution in [0, 0.1) is 0 Å². The smallest absolute Gasteiger partial charge is 0.319 e. The third-order valence-electron chi connectivity index (χ3n) is 3.31. The van der Waals surface area contributed by atoms with Gasteiger partial charge in [-0.3, -0.25) is 0 Å². The van der Waals surface area contributed by atoms with Gasteiger partial charge in [0.2, 0.25) is 0 Å². The SMILES string of the molecule is CCc1ccc(NC(=O)NC(CO)c2ccccc2)cc1. The number of anilines is 1. The average Bonchev–Trinajstić information content (AvgIpc) is 2.54. The summed E-state index contributed by atoms with van der Waals surface area (Å²) in [6.07, 6.45) is 0.965. The van der Waals surface area contributed by atoms with E-state index in [4.69, 9.17) is 0 Å². The molecule has 0 aliphatic carbocycles. The molecule has 2 rings (SSSR count). The summed E-state index contributed by atoms with van der Waals surface area (Å²) in [7, 11) is 0. The molecule has 0 bridgehead atoms. The fourth-order valence-corrected chi connectivity index (χ4v) is 2.07.